The number of carboxylic acid groups (broad SMARTS) is 1. The predicted molar refractivity (Wildman–Crippen MR) is 61.7 cm³/mol. The van der Waals surface area contributed by atoms with Crippen molar-refractivity contribution in [1.29, 1.82) is 0 Å². The van der Waals surface area contributed by atoms with Crippen molar-refractivity contribution in [1.82, 2.24) is 10.6 Å². The lowest BCUT2D eigenvalue weighted by Gasteiger charge is -2.16. The molecule has 0 spiro atoms. The quantitative estimate of drug-likeness (QED) is 0.717. The SMILES string of the molecule is Cc1cc(C)cc(C2NC(=O)NC2C(=O)O)c1. The number of carbonyl (C=O) groups is 2. The molecular formula is C12H14N2O3. The van der Waals surface area contributed by atoms with E-state index in [-0.39, 0.29) is 0 Å². The molecule has 1 aromatic carbocycles. The highest BCUT2D eigenvalue weighted by Gasteiger charge is 2.37. The maximum Gasteiger partial charge on any atom is 0.328 e. The van der Waals surface area contributed by atoms with E-state index >= 15 is 0 Å². The Morgan fingerprint density at radius 2 is 1.76 bits per heavy atom. The van der Waals surface area contributed by atoms with E-state index in [0.717, 1.165) is 16.7 Å². The van der Waals surface area contributed by atoms with Crippen molar-refractivity contribution in [3.05, 3.63) is 34.9 Å². The van der Waals surface area contributed by atoms with Crippen molar-refractivity contribution in [2.24, 2.45) is 0 Å². The van der Waals surface area contributed by atoms with E-state index in [2.05, 4.69) is 10.6 Å². The number of hydrogen-bond donors (Lipinski definition) is 3. The molecule has 17 heavy (non-hydrogen) atoms. The molecule has 2 rings (SSSR count). The van der Waals surface area contributed by atoms with E-state index in [9.17, 15) is 9.59 Å². The van der Waals surface area contributed by atoms with Gasteiger partial charge in [-0.15, -0.1) is 0 Å². The fraction of sp³-hybridized carbons (Fsp3) is 0.333. The molecule has 5 nitrogen and oxygen atoms in total. The van der Waals surface area contributed by atoms with Crippen LogP contribution in [0.2, 0.25) is 0 Å². The lowest BCUT2D eigenvalue weighted by molar-refractivity contribution is -0.139. The fourth-order valence-corrected chi connectivity index (χ4v) is 2.16. The lowest BCUT2D eigenvalue weighted by atomic mass is 9.97. The summed E-state index contributed by atoms with van der Waals surface area (Å²) in [4.78, 5) is 22.3. The Hall–Kier alpha value is -2.04. The minimum atomic E-state index is -1.03. The van der Waals surface area contributed by atoms with Gasteiger partial charge in [-0.05, 0) is 19.4 Å². The van der Waals surface area contributed by atoms with Crippen LogP contribution in [-0.2, 0) is 4.79 Å². The number of rotatable bonds is 2. The van der Waals surface area contributed by atoms with Crippen LogP contribution in [0.25, 0.3) is 0 Å². The van der Waals surface area contributed by atoms with Gasteiger partial charge in [-0.3, -0.25) is 0 Å². The Labute approximate surface area is 98.8 Å². The third-order valence-corrected chi connectivity index (χ3v) is 2.78. The van der Waals surface area contributed by atoms with Gasteiger partial charge < -0.3 is 15.7 Å². The van der Waals surface area contributed by atoms with Gasteiger partial charge in [-0.1, -0.05) is 29.3 Å². The number of aryl methyl sites for hydroxylation is 2. The highest BCUT2D eigenvalue weighted by atomic mass is 16.4. The van der Waals surface area contributed by atoms with Gasteiger partial charge in [0.1, 0.15) is 0 Å². The maximum absolute atomic E-state index is 11.2. The molecule has 0 aliphatic carbocycles. The lowest BCUT2D eigenvalue weighted by Crippen LogP contribution is -2.35. The third-order valence-electron chi connectivity index (χ3n) is 2.78. The molecule has 3 N–H and O–H groups in total. The number of aliphatic carboxylic acids is 1. The van der Waals surface area contributed by atoms with Crippen LogP contribution in [0, 0.1) is 13.8 Å². The van der Waals surface area contributed by atoms with Crippen molar-refractivity contribution < 1.29 is 14.7 Å². The van der Waals surface area contributed by atoms with Gasteiger partial charge in [0.05, 0.1) is 6.04 Å². The number of hydrogen-bond acceptors (Lipinski definition) is 2. The maximum atomic E-state index is 11.2. The van der Waals surface area contributed by atoms with E-state index in [1.165, 1.54) is 0 Å². The van der Waals surface area contributed by atoms with Gasteiger partial charge >= 0.3 is 12.0 Å². The fourth-order valence-electron chi connectivity index (χ4n) is 2.16. The topological polar surface area (TPSA) is 78.4 Å². The number of carbonyl (C=O) groups excluding carboxylic acids is 1. The normalized spacial score (nSPS) is 23.1. The zero-order chi connectivity index (χ0) is 12.6. The zero-order valence-corrected chi connectivity index (χ0v) is 9.65. The summed E-state index contributed by atoms with van der Waals surface area (Å²) in [7, 11) is 0. The summed E-state index contributed by atoms with van der Waals surface area (Å²) in [5.41, 5.74) is 2.91. The van der Waals surface area contributed by atoms with Crippen LogP contribution in [0.1, 0.15) is 22.7 Å². The first-order chi connectivity index (χ1) is 7.97. The number of nitrogens with one attached hydrogen (secondary N) is 2. The van der Waals surface area contributed by atoms with Crippen LogP contribution in [0.5, 0.6) is 0 Å². The molecule has 2 unspecified atom stereocenters. The minimum Gasteiger partial charge on any atom is -0.480 e. The number of benzene rings is 1. The highest BCUT2D eigenvalue weighted by Crippen LogP contribution is 2.23. The summed E-state index contributed by atoms with van der Waals surface area (Å²) < 4.78 is 0. The molecule has 90 valence electrons. The minimum absolute atomic E-state index is 0.443. The second-order valence-corrected chi connectivity index (χ2v) is 4.33. The summed E-state index contributed by atoms with van der Waals surface area (Å²) >= 11 is 0. The molecule has 2 atom stereocenters. The Kier molecular flexibility index (Phi) is 2.75. The van der Waals surface area contributed by atoms with Gasteiger partial charge in [-0.25, -0.2) is 9.59 Å². The van der Waals surface area contributed by atoms with Crippen LogP contribution in [0.15, 0.2) is 18.2 Å². The summed E-state index contributed by atoms with van der Waals surface area (Å²) in [6.45, 7) is 3.88. The molecule has 1 aromatic rings. The first kappa shape index (κ1) is 11.4. The van der Waals surface area contributed by atoms with Crippen LogP contribution in [0.3, 0.4) is 0 Å². The molecule has 0 saturated carbocycles. The van der Waals surface area contributed by atoms with Crippen molar-refractivity contribution in [3.63, 3.8) is 0 Å². The molecule has 1 saturated heterocycles. The van der Waals surface area contributed by atoms with E-state index in [1.54, 1.807) is 0 Å². The van der Waals surface area contributed by atoms with Gasteiger partial charge in [0.25, 0.3) is 0 Å². The van der Waals surface area contributed by atoms with Gasteiger partial charge in [-0.2, -0.15) is 0 Å². The summed E-state index contributed by atoms with van der Waals surface area (Å²) in [6.07, 6.45) is 0. The van der Waals surface area contributed by atoms with Crippen molar-refractivity contribution in [2.75, 3.05) is 0 Å². The Morgan fingerprint density at radius 1 is 1.18 bits per heavy atom. The standard InChI is InChI=1S/C12H14N2O3/c1-6-3-7(2)5-8(4-6)9-10(11(15)16)14-12(17)13-9/h3-5,9-10H,1-2H3,(H,15,16)(H2,13,14,17). The molecular weight excluding hydrogens is 220 g/mol. The van der Waals surface area contributed by atoms with Gasteiger partial charge in [0.15, 0.2) is 6.04 Å². The van der Waals surface area contributed by atoms with Gasteiger partial charge in [0.2, 0.25) is 0 Å². The molecule has 1 aliphatic rings. The average Bonchev–Trinajstić information content (AvgIpc) is 2.59. The molecule has 1 fully saturated rings. The monoisotopic (exact) mass is 234 g/mol. The third kappa shape index (κ3) is 2.22. The number of amides is 2. The van der Waals surface area contributed by atoms with E-state index < -0.39 is 24.1 Å². The zero-order valence-electron chi connectivity index (χ0n) is 9.65. The van der Waals surface area contributed by atoms with E-state index in [0.29, 0.717) is 0 Å². The molecule has 2 amide bonds. The number of carboxylic acids is 1. The second kappa shape index (κ2) is 4.08. The predicted octanol–water partition coefficient (Wildman–Crippen LogP) is 1.11. The smallest absolute Gasteiger partial charge is 0.328 e. The largest absolute Gasteiger partial charge is 0.480 e. The van der Waals surface area contributed by atoms with Crippen LogP contribution in [-0.4, -0.2) is 23.1 Å². The molecule has 1 aliphatic heterocycles. The van der Waals surface area contributed by atoms with Crippen LogP contribution in [0.4, 0.5) is 4.79 Å². The first-order valence-corrected chi connectivity index (χ1v) is 5.35. The summed E-state index contributed by atoms with van der Waals surface area (Å²) in [5.74, 6) is -1.03. The Morgan fingerprint density at radius 3 is 2.29 bits per heavy atom. The van der Waals surface area contributed by atoms with E-state index in [1.807, 2.05) is 32.0 Å². The van der Waals surface area contributed by atoms with Crippen LogP contribution >= 0.6 is 0 Å². The molecule has 5 heteroatoms. The Balaban J connectivity index is 2.37. The van der Waals surface area contributed by atoms with Crippen molar-refractivity contribution >= 4 is 12.0 Å². The first-order valence-electron chi connectivity index (χ1n) is 5.35. The molecule has 0 bridgehead atoms. The molecule has 0 radical (unpaired) electrons. The highest BCUT2D eigenvalue weighted by molar-refractivity contribution is 5.87. The average molecular weight is 234 g/mol. The molecule has 0 aromatic heterocycles. The Bertz CT molecular complexity index is 464. The summed E-state index contributed by atoms with van der Waals surface area (Å²) in [5, 5.41) is 14.1. The second-order valence-electron chi connectivity index (χ2n) is 4.33. The number of urea groups is 1. The van der Waals surface area contributed by atoms with Crippen LogP contribution < -0.4 is 10.6 Å². The van der Waals surface area contributed by atoms with Gasteiger partial charge in [0, 0.05) is 0 Å². The summed E-state index contributed by atoms with van der Waals surface area (Å²) in [6, 6.07) is 3.91. The van der Waals surface area contributed by atoms with Crippen molar-refractivity contribution in [3.8, 4) is 0 Å². The van der Waals surface area contributed by atoms with Crippen molar-refractivity contribution in [2.45, 2.75) is 25.9 Å². The molecule has 1 heterocycles. The van der Waals surface area contributed by atoms with E-state index in [4.69, 9.17) is 5.11 Å².